The molecule has 0 radical (unpaired) electrons. The lowest BCUT2D eigenvalue weighted by atomic mass is 9.81. The minimum absolute atomic E-state index is 0.384. The van der Waals surface area contributed by atoms with Crippen LogP contribution in [0.2, 0.25) is 0 Å². The van der Waals surface area contributed by atoms with Crippen LogP contribution in [0.15, 0.2) is 24.3 Å². The first-order chi connectivity index (χ1) is 9.08. The first-order valence-electron chi connectivity index (χ1n) is 7.32. The van der Waals surface area contributed by atoms with E-state index < -0.39 is 5.60 Å². The SMILES string of the molecule is CCc1ccc(N(C)C2CCC(O)(CN)CC2)cc1. The van der Waals surface area contributed by atoms with Crippen LogP contribution in [0.4, 0.5) is 5.69 Å². The van der Waals surface area contributed by atoms with Gasteiger partial charge in [0.1, 0.15) is 0 Å². The maximum Gasteiger partial charge on any atom is 0.0770 e. The van der Waals surface area contributed by atoms with Crippen LogP contribution in [0.3, 0.4) is 0 Å². The summed E-state index contributed by atoms with van der Waals surface area (Å²) < 4.78 is 0. The van der Waals surface area contributed by atoms with Gasteiger partial charge in [0.25, 0.3) is 0 Å². The van der Waals surface area contributed by atoms with Crippen molar-refractivity contribution in [2.75, 3.05) is 18.5 Å². The van der Waals surface area contributed by atoms with Gasteiger partial charge in [-0.15, -0.1) is 0 Å². The maximum absolute atomic E-state index is 10.2. The van der Waals surface area contributed by atoms with Gasteiger partial charge in [0.05, 0.1) is 5.60 Å². The molecule has 1 fully saturated rings. The second-order valence-electron chi connectivity index (χ2n) is 5.79. The molecule has 0 spiro atoms. The van der Waals surface area contributed by atoms with Crippen LogP contribution in [-0.4, -0.2) is 30.3 Å². The molecule has 0 aromatic heterocycles. The first-order valence-corrected chi connectivity index (χ1v) is 7.32. The predicted octanol–water partition coefficient (Wildman–Crippen LogP) is 2.32. The molecule has 2 rings (SSSR count). The highest BCUT2D eigenvalue weighted by atomic mass is 16.3. The Morgan fingerprint density at radius 3 is 2.32 bits per heavy atom. The maximum atomic E-state index is 10.2. The Morgan fingerprint density at radius 2 is 1.84 bits per heavy atom. The molecule has 1 aromatic rings. The number of hydrogen-bond acceptors (Lipinski definition) is 3. The number of aryl methyl sites for hydroxylation is 1. The zero-order valence-corrected chi connectivity index (χ0v) is 12.1. The van der Waals surface area contributed by atoms with Gasteiger partial charge in [-0.05, 0) is 49.8 Å². The van der Waals surface area contributed by atoms with Gasteiger partial charge >= 0.3 is 0 Å². The highest BCUT2D eigenvalue weighted by Crippen LogP contribution is 2.31. The first kappa shape index (κ1) is 14.4. The van der Waals surface area contributed by atoms with Gasteiger partial charge in [0, 0.05) is 25.3 Å². The zero-order chi connectivity index (χ0) is 13.9. The summed E-state index contributed by atoms with van der Waals surface area (Å²) in [7, 11) is 2.15. The summed E-state index contributed by atoms with van der Waals surface area (Å²) in [6.45, 7) is 2.56. The molecule has 0 saturated heterocycles. The third-order valence-corrected chi connectivity index (χ3v) is 4.57. The molecule has 3 N–H and O–H groups in total. The Bertz CT molecular complexity index is 394. The van der Waals surface area contributed by atoms with Crippen LogP contribution in [0.1, 0.15) is 38.2 Å². The Labute approximate surface area is 116 Å². The summed E-state index contributed by atoms with van der Waals surface area (Å²) in [6, 6.07) is 9.31. The van der Waals surface area contributed by atoms with E-state index in [2.05, 4.69) is 43.1 Å². The van der Waals surface area contributed by atoms with Crippen LogP contribution in [0.25, 0.3) is 0 Å². The minimum atomic E-state index is -0.622. The molecule has 1 aliphatic carbocycles. The topological polar surface area (TPSA) is 49.5 Å². The molecule has 3 nitrogen and oxygen atoms in total. The minimum Gasteiger partial charge on any atom is -0.389 e. The lowest BCUT2D eigenvalue weighted by Gasteiger charge is -2.39. The zero-order valence-electron chi connectivity index (χ0n) is 12.1. The largest absolute Gasteiger partial charge is 0.389 e. The molecule has 0 bridgehead atoms. The molecule has 1 saturated carbocycles. The van der Waals surface area contributed by atoms with Crippen molar-refractivity contribution in [2.45, 2.75) is 50.7 Å². The number of benzene rings is 1. The fourth-order valence-electron chi connectivity index (χ4n) is 2.91. The summed E-state index contributed by atoms with van der Waals surface area (Å²) in [5.41, 5.74) is 7.65. The average Bonchev–Trinajstić information content (AvgIpc) is 2.47. The smallest absolute Gasteiger partial charge is 0.0770 e. The summed E-state index contributed by atoms with van der Waals surface area (Å²) in [6.07, 6.45) is 4.73. The van der Waals surface area contributed by atoms with E-state index in [-0.39, 0.29) is 0 Å². The Hall–Kier alpha value is -1.06. The molecule has 1 aromatic carbocycles. The molecule has 0 atom stereocenters. The van der Waals surface area contributed by atoms with Crippen LogP contribution in [-0.2, 0) is 6.42 Å². The van der Waals surface area contributed by atoms with Gasteiger partial charge < -0.3 is 15.7 Å². The van der Waals surface area contributed by atoms with Crippen LogP contribution < -0.4 is 10.6 Å². The molecule has 0 aliphatic heterocycles. The van der Waals surface area contributed by atoms with Crippen LogP contribution >= 0.6 is 0 Å². The van der Waals surface area contributed by atoms with Crippen molar-refractivity contribution >= 4 is 5.69 Å². The molecule has 106 valence electrons. The molecule has 0 heterocycles. The van der Waals surface area contributed by atoms with Gasteiger partial charge in [-0.2, -0.15) is 0 Å². The highest BCUT2D eigenvalue weighted by Gasteiger charge is 2.33. The normalized spacial score (nSPS) is 27.3. The molecule has 0 amide bonds. The van der Waals surface area contributed by atoms with E-state index in [1.807, 2.05) is 0 Å². The number of nitrogens with zero attached hydrogens (tertiary/aromatic N) is 1. The number of nitrogens with two attached hydrogens (primary N) is 1. The molecule has 3 heteroatoms. The quantitative estimate of drug-likeness (QED) is 0.875. The molecular formula is C16H26N2O. The van der Waals surface area contributed by atoms with Gasteiger partial charge in [0.15, 0.2) is 0 Å². The number of hydrogen-bond donors (Lipinski definition) is 2. The summed E-state index contributed by atoms with van der Waals surface area (Å²) in [4.78, 5) is 2.34. The van der Waals surface area contributed by atoms with Crippen molar-refractivity contribution in [1.82, 2.24) is 0 Å². The van der Waals surface area contributed by atoms with Crippen molar-refractivity contribution in [3.8, 4) is 0 Å². The lowest BCUT2D eigenvalue weighted by molar-refractivity contribution is 0.00800. The van der Waals surface area contributed by atoms with E-state index in [9.17, 15) is 5.11 Å². The van der Waals surface area contributed by atoms with Crippen molar-refractivity contribution in [1.29, 1.82) is 0 Å². The van der Waals surface area contributed by atoms with Crippen molar-refractivity contribution < 1.29 is 5.11 Å². The fourth-order valence-corrected chi connectivity index (χ4v) is 2.91. The van der Waals surface area contributed by atoms with E-state index in [1.54, 1.807) is 0 Å². The summed E-state index contributed by atoms with van der Waals surface area (Å²) >= 11 is 0. The molecule has 1 aliphatic rings. The molecule has 0 unspecified atom stereocenters. The predicted molar refractivity (Wildman–Crippen MR) is 80.5 cm³/mol. The van der Waals surface area contributed by atoms with Crippen molar-refractivity contribution in [2.24, 2.45) is 5.73 Å². The Balaban J connectivity index is 1.98. The second kappa shape index (κ2) is 5.93. The van der Waals surface area contributed by atoms with Crippen molar-refractivity contribution in [3.63, 3.8) is 0 Å². The molecular weight excluding hydrogens is 236 g/mol. The summed E-state index contributed by atoms with van der Waals surface area (Å²) in [5.74, 6) is 0. The monoisotopic (exact) mass is 262 g/mol. The van der Waals surface area contributed by atoms with Gasteiger partial charge in [-0.25, -0.2) is 0 Å². The van der Waals surface area contributed by atoms with Gasteiger partial charge in [-0.3, -0.25) is 0 Å². The van der Waals surface area contributed by atoms with Crippen LogP contribution in [0, 0.1) is 0 Å². The standard InChI is InChI=1S/C16H26N2O/c1-3-13-4-6-14(7-5-13)18(2)15-8-10-16(19,12-17)11-9-15/h4-7,15,19H,3,8-12,17H2,1-2H3. The number of aliphatic hydroxyl groups is 1. The van der Waals surface area contributed by atoms with E-state index in [1.165, 1.54) is 11.3 Å². The third kappa shape index (κ3) is 3.28. The number of anilines is 1. The van der Waals surface area contributed by atoms with E-state index in [4.69, 9.17) is 5.73 Å². The fraction of sp³-hybridized carbons (Fsp3) is 0.625. The van der Waals surface area contributed by atoms with E-state index >= 15 is 0 Å². The third-order valence-electron chi connectivity index (χ3n) is 4.57. The highest BCUT2D eigenvalue weighted by molar-refractivity contribution is 5.48. The number of rotatable bonds is 4. The van der Waals surface area contributed by atoms with Crippen molar-refractivity contribution in [3.05, 3.63) is 29.8 Å². The van der Waals surface area contributed by atoms with E-state index in [0.29, 0.717) is 12.6 Å². The van der Waals surface area contributed by atoms with Crippen LogP contribution in [0.5, 0.6) is 0 Å². The average molecular weight is 262 g/mol. The Morgan fingerprint density at radius 1 is 1.26 bits per heavy atom. The van der Waals surface area contributed by atoms with Gasteiger partial charge in [-0.1, -0.05) is 19.1 Å². The molecule has 19 heavy (non-hydrogen) atoms. The lowest BCUT2D eigenvalue weighted by Crippen LogP contribution is -2.46. The summed E-state index contributed by atoms with van der Waals surface area (Å²) in [5, 5.41) is 10.2. The van der Waals surface area contributed by atoms with Gasteiger partial charge in [0.2, 0.25) is 0 Å². The second-order valence-corrected chi connectivity index (χ2v) is 5.79. The van der Waals surface area contributed by atoms with E-state index in [0.717, 1.165) is 32.1 Å². The Kier molecular flexibility index (Phi) is 4.48.